The summed E-state index contributed by atoms with van der Waals surface area (Å²) in [4.78, 5) is 13.8. The number of unbranched alkanes of at least 4 members (excludes halogenated alkanes) is 1. The van der Waals surface area contributed by atoms with E-state index in [4.69, 9.17) is 0 Å². The third kappa shape index (κ3) is 3.44. The number of carbonyl (C=O) groups excluding carboxylic acids is 1. The second kappa shape index (κ2) is 6.58. The van der Waals surface area contributed by atoms with E-state index in [0.29, 0.717) is 25.9 Å². The summed E-state index contributed by atoms with van der Waals surface area (Å²) in [6.45, 7) is 4.94. The zero-order valence-corrected chi connectivity index (χ0v) is 13.4. The SMILES string of the molecule is CCCCNS(=O)(=O)c1ccc2c(c1)CCN2C(=O)CC. The number of nitrogens with zero attached hydrogens (tertiary/aromatic N) is 1. The molecule has 0 saturated carbocycles. The van der Waals surface area contributed by atoms with Gasteiger partial charge in [-0.3, -0.25) is 4.79 Å². The number of benzene rings is 1. The van der Waals surface area contributed by atoms with E-state index in [1.165, 1.54) is 0 Å². The van der Waals surface area contributed by atoms with Gasteiger partial charge in [-0.15, -0.1) is 0 Å². The van der Waals surface area contributed by atoms with Crippen LogP contribution in [0.3, 0.4) is 0 Å². The lowest BCUT2D eigenvalue weighted by atomic mass is 10.2. The number of anilines is 1. The Morgan fingerprint density at radius 3 is 2.76 bits per heavy atom. The molecule has 1 amide bonds. The Bertz CT molecular complexity index is 626. The molecule has 1 aromatic rings. The maximum Gasteiger partial charge on any atom is 0.240 e. The van der Waals surface area contributed by atoms with Crippen molar-refractivity contribution in [3.8, 4) is 0 Å². The Morgan fingerprint density at radius 2 is 2.10 bits per heavy atom. The number of hydrogen-bond donors (Lipinski definition) is 1. The Labute approximate surface area is 126 Å². The van der Waals surface area contributed by atoms with E-state index in [-0.39, 0.29) is 10.8 Å². The Balaban J connectivity index is 2.21. The molecule has 1 aliphatic heterocycles. The first-order valence-corrected chi connectivity index (χ1v) is 8.91. The number of rotatable bonds is 6. The smallest absolute Gasteiger partial charge is 0.240 e. The van der Waals surface area contributed by atoms with Crippen molar-refractivity contribution in [3.05, 3.63) is 23.8 Å². The Kier molecular flexibility index (Phi) is 5.00. The molecular weight excluding hydrogens is 288 g/mol. The summed E-state index contributed by atoms with van der Waals surface area (Å²) in [5.41, 5.74) is 1.77. The second-order valence-corrected chi connectivity index (χ2v) is 6.96. The highest BCUT2D eigenvalue weighted by Crippen LogP contribution is 2.30. The van der Waals surface area contributed by atoms with Crippen molar-refractivity contribution in [3.63, 3.8) is 0 Å². The fourth-order valence-electron chi connectivity index (χ4n) is 2.46. The number of sulfonamides is 1. The van der Waals surface area contributed by atoms with Gasteiger partial charge in [-0.1, -0.05) is 20.3 Å². The summed E-state index contributed by atoms with van der Waals surface area (Å²) in [5.74, 6) is 0.0745. The van der Waals surface area contributed by atoms with Crippen LogP contribution in [0.1, 0.15) is 38.7 Å². The quantitative estimate of drug-likeness (QED) is 0.818. The summed E-state index contributed by atoms with van der Waals surface area (Å²) < 4.78 is 27.0. The molecule has 6 heteroatoms. The number of nitrogens with one attached hydrogen (secondary N) is 1. The molecule has 1 aromatic carbocycles. The van der Waals surface area contributed by atoms with Gasteiger partial charge in [0.2, 0.25) is 15.9 Å². The summed E-state index contributed by atoms with van der Waals surface area (Å²) in [6, 6.07) is 5.01. The lowest BCUT2D eigenvalue weighted by molar-refractivity contribution is -0.118. The molecule has 2 rings (SSSR count). The van der Waals surface area contributed by atoms with Gasteiger partial charge in [0, 0.05) is 25.2 Å². The van der Waals surface area contributed by atoms with Gasteiger partial charge in [0.05, 0.1) is 4.90 Å². The molecule has 0 unspecified atom stereocenters. The van der Waals surface area contributed by atoms with Gasteiger partial charge in [-0.2, -0.15) is 0 Å². The van der Waals surface area contributed by atoms with Crippen LogP contribution in [0.2, 0.25) is 0 Å². The van der Waals surface area contributed by atoms with Gasteiger partial charge < -0.3 is 4.90 Å². The van der Waals surface area contributed by atoms with Crippen molar-refractivity contribution >= 4 is 21.6 Å². The van der Waals surface area contributed by atoms with Crippen molar-refractivity contribution in [1.29, 1.82) is 0 Å². The molecule has 0 bridgehead atoms. The van der Waals surface area contributed by atoms with Crippen LogP contribution in [0.15, 0.2) is 23.1 Å². The van der Waals surface area contributed by atoms with Crippen molar-refractivity contribution in [2.24, 2.45) is 0 Å². The number of carbonyl (C=O) groups is 1. The Morgan fingerprint density at radius 1 is 1.33 bits per heavy atom. The molecule has 116 valence electrons. The fourth-order valence-corrected chi connectivity index (χ4v) is 3.59. The molecule has 0 saturated heterocycles. The molecule has 0 aliphatic carbocycles. The first-order chi connectivity index (χ1) is 9.99. The summed E-state index contributed by atoms with van der Waals surface area (Å²) in [5, 5.41) is 0. The van der Waals surface area contributed by atoms with E-state index in [1.54, 1.807) is 23.1 Å². The molecule has 1 heterocycles. The van der Waals surface area contributed by atoms with Crippen molar-refractivity contribution < 1.29 is 13.2 Å². The molecule has 0 atom stereocenters. The van der Waals surface area contributed by atoms with Crippen molar-refractivity contribution in [2.75, 3.05) is 18.0 Å². The molecule has 0 spiro atoms. The normalized spacial score (nSPS) is 14.3. The standard InChI is InChI=1S/C15H22N2O3S/c1-3-5-9-16-21(19,20)13-6-7-14-12(11-13)8-10-17(14)15(18)4-2/h6-7,11,16H,3-5,8-10H2,1-2H3. The molecule has 1 aliphatic rings. The highest BCUT2D eigenvalue weighted by Gasteiger charge is 2.25. The lowest BCUT2D eigenvalue weighted by Crippen LogP contribution is -2.28. The molecule has 5 nitrogen and oxygen atoms in total. The molecule has 0 aromatic heterocycles. The van der Waals surface area contributed by atoms with Gasteiger partial charge in [-0.25, -0.2) is 13.1 Å². The van der Waals surface area contributed by atoms with Crippen LogP contribution in [-0.4, -0.2) is 27.4 Å². The third-order valence-electron chi connectivity index (χ3n) is 3.68. The number of amides is 1. The highest BCUT2D eigenvalue weighted by molar-refractivity contribution is 7.89. The van der Waals surface area contributed by atoms with Crippen LogP contribution in [0, 0.1) is 0 Å². The van der Waals surface area contributed by atoms with Crippen LogP contribution in [0.5, 0.6) is 0 Å². The third-order valence-corrected chi connectivity index (χ3v) is 5.14. The van der Waals surface area contributed by atoms with Gasteiger partial charge in [-0.05, 0) is 36.6 Å². The summed E-state index contributed by atoms with van der Waals surface area (Å²) >= 11 is 0. The number of hydrogen-bond acceptors (Lipinski definition) is 3. The molecule has 21 heavy (non-hydrogen) atoms. The second-order valence-electron chi connectivity index (χ2n) is 5.19. The van der Waals surface area contributed by atoms with E-state index >= 15 is 0 Å². The van der Waals surface area contributed by atoms with Crippen molar-refractivity contribution in [1.82, 2.24) is 4.72 Å². The Hall–Kier alpha value is -1.40. The average Bonchev–Trinajstić information content (AvgIpc) is 2.89. The minimum atomic E-state index is -3.45. The first-order valence-electron chi connectivity index (χ1n) is 7.42. The van der Waals surface area contributed by atoms with Crippen molar-refractivity contribution in [2.45, 2.75) is 44.4 Å². The topological polar surface area (TPSA) is 66.5 Å². The summed E-state index contributed by atoms with van der Waals surface area (Å²) in [7, 11) is -3.45. The monoisotopic (exact) mass is 310 g/mol. The van der Waals surface area contributed by atoms with E-state index in [9.17, 15) is 13.2 Å². The molecule has 1 N–H and O–H groups in total. The van der Waals surface area contributed by atoms with Crippen LogP contribution in [-0.2, 0) is 21.2 Å². The van der Waals surface area contributed by atoms with Gasteiger partial charge in [0.25, 0.3) is 0 Å². The molecule has 0 fully saturated rings. The maximum atomic E-state index is 12.2. The van der Waals surface area contributed by atoms with Gasteiger partial charge in [0.15, 0.2) is 0 Å². The van der Waals surface area contributed by atoms with Crippen LogP contribution < -0.4 is 9.62 Å². The van der Waals surface area contributed by atoms with E-state index in [0.717, 1.165) is 24.1 Å². The predicted octanol–water partition coefficient (Wildman–Crippen LogP) is 2.06. The molecular formula is C15H22N2O3S. The zero-order chi connectivity index (χ0) is 15.5. The van der Waals surface area contributed by atoms with Gasteiger partial charge in [0.1, 0.15) is 0 Å². The minimum absolute atomic E-state index is 0.0745. The van der Waals surface area contributed by atoms with E-state index in [2.05, 4.69) is 4.72 Å². The summed E-state index contributed by atoms with van der Waals surface area (Å²) in [6.07, 6.45) is 2.93. The average molecular weight is 310 g/mol. The number of fused-ring (bicyclic) bond motifs is 1. The van der Waals surface area contributed by atoms with Gasteiger partial charge >= 0.3 is 0 Å². The maximum absolute atomic E-state index is 12.2. The lowest BCUT2D eigenvalue weighted by Gasteiger charge is -2.16. The fraction of sp³-hybridized carbons (Fsp3) is 0.533. The minimum Gasteiger partial charge on any atom is -0.312 e. The highest BCUT2D eigenvalue weighted by atomic mass is 32.2. The van der Waals surface area contributed by atoms with Crippen LogP contribution in [0.25, 0.3) is 0 Å². The van der Waals surface area contributed by atoms with Crippen LogP contribution in [0.4, 0.5) is 5.69 Å². The van der Waals surface area contributed by atoms with Crippen LogP contribution >= 0.6 is 0 Å². The molecule has 0 radical (unpaired) electrons. The largest absolute Gasteiger partial charge is 0.312 e. The predicted molar refractivity (Wildman–Crippen MR) is 82.9 cm³/mol. The zero-order valence-electron chi connectivity index (χ0n) is 12.6. The van der Waals surface area contributed by atoms with E-state index < -0.39 is 10.0 Å². The first kappa shape index (κ1) is 16.0. The van der Waals surface area contributed by atoms with E-state index in [1.807, 2.05) is 13.8 Å².